The number of rotatable bonds is 5. The van der Waals surface area contributed by atoms with Crippen molar-refractivity contribution in [2.45, 2.75) is 12.6 Å². The van der Waals surface area contributed by atoms with E-state index in [0.717, 1.165) is 21.5 Å². The summed E-state index contributed by atoms with van der Waals surface area (Å²) in [6, 6.07) is 18.2. The Morgan fingerprint density at radius 2 is 1.90 bits per heavy atom. The normalized spacial score (nSPS) is 12.4. The van der Waals surface area contributed by atoms with Crippen LogP contribution in [0.25, 0.3) is 0 Å². The summed E-state index contributed by atoms with van der Waals surface area (Å²) in [5.74, 6) is 0.902. The SMILES string of the molecule is Clc1ccc(C(NCc2ccccc2)c2ccco2)s1. The minimum absolute atomic E-state index is 0.0303. The molecule has 2 aromatic heterocycles. The Labute approximate surface area is 127 Å². The molecule has 0 saturated heterocycles. The van der Waals surface area contributed by atoms with Gasteiger partial charge in [-0.15, -0.1) is 11.3 Å². The van der Waals surface area contributed by atoms with Crippen molar-refractivity contribution in [2.24, 2.45) is 0 Å². The van der Waals surface area contributed by atoms with E-state index in [2.05, 4.69) is 17.4 Å². The van der Waals surface area contributed by atoms with Gasteiger partial charge in [-0.3, -0.25) is 5.32 Å². The van der Waals surface area contributed by atoms with Crippen LogP contribution < -0.4 is 5.32 Å². The molecule has 0 fully saturated rings. The van der Waals surface area contributed by atoms with Crippen LogP contribution in [-0.2, 0) is 6.54 Å². The Kier molecular flexibility index (Phi) is 4.21. The molecule has 0 aliphatic rings. The highest BCUT2D eigenvalue weighted by atomic mass is 35.5. The van der Waals surface area contributed by atoms with Gasteiger partial charge in [0.15, 0.2) is 0 Å². The Morgan fingerprint density at radius 1 is 1.05 bits per heavy atom. The first-order valence-corrected chi connectivity index (χ1v) is 7.58. The number of nitrogens with one attached hydrogen (secondary N) is 1. The first-order chi connectivity index (χ1) is 9.83. The minimum Gasteiger partial charge on any atom is -0.467 e. The van der Waals surface area contributed by atoms with Gasteiger partial charge in [0.2, 0.25) is 0 Å². The van der Waals surface area contributed by atoms with Crippen LogP contribution in [0.3, 0.4) is 0 Å². The number of thiophene rings is 1. The molecule has 1 atom stereocenters. The quantitative estimate of drug-likeness (QED) is 0.727. The van der Waals surface area contributed by atoms with Crippen LogP contribution >= 0.6 is 22.9 Å². The second kappa shape index (κ2) is 6.27. The van der Waals surface area contributed by atoms with Gasteiger partial charge in [-0.05, 0) is 29.8 Å². The van der Waals surface area contributed by atoms with Crippen LogP contribution in [0, 0.1) is 0 Å². The fourth-order valence-electron chi connectivity index (χ4n) is 2.10. The summed E-state index contributed by atoms with van der Waals surface area (Å²) in [4.78, 5) is 1.15. The van der Waals surface area contributed by atoms with Crippen LogP contribution in [0.2, 0.25) is 4.34 Å². The lowest BCUT2D eigenvalue weighted by atomic mass is 10.1. The molecule has 1 N–H and O–H groups in total. The van der Waals surface area contributed by atoms with E-state index in [9.17, 15) is 0 Å². The second-order valence-electron chi connectivity index (χ2n) is 4.46. The summed E-state index contributed by atoms with van der Waals surface area (Å²) >= 11 is 7.62. The van der Waals surface area contributed by atoms with E-state index in [-0.39, 0.29) is 6.04 Å². The van der Waals surface area contributed by atoms with Gasteiger partial charge in [-0.25, -0.2) is 0 Å². The summed E-state index contributed by atoms with van der Waals surface area (Å²) in [7, 11) is 0. The first-order valence-electron chi connectivity index (χ1n) is 6.39. The van der Waals surface area contributed by atoms with Gasteiger partial charge >= 0.3 is 0 Å². The molecular formula is C16H14ClNOS. The fraction of sp³-hybridized carbons (Fsp3) is 0.125. The van der Waals surface area contributed by atoms with Crippen LogP contribution in [0.1, 0.15) is 22.2 Å². The molecule has 1 aromatic carbocycles. The topological polar surface area (TPSA) is 25.2 Å². The zero-order chi connectivity index (χ0) is 13.8. The van der Waals surface area contributed by atoms with E-state index in [0.29, 0.717) is 0 Å². The molecule has 0 saturated carbocycles. The molecule has 0 amide bonds. The molecule has 3 rings (SSSR count). The Bertz CT molecular complexity index is 648. The maximum atomic E-state index is 6.04. The van der Waals surface area contributed by atoms with E-state index in [1.165, 1.54) is 5.56 Å². The Balaban J connectivity index is 1.80. The van der Waals surface area contributed by atoms with Crippen molar-refractivity contribution in [3.63, 3.8) is 0 Å². The lowest BCUT2D eigenvalue weighted by Gasteiger charge is -2.15. The number of benzene rings is 1. The van der Waals surface area contributed by atoms with Gasteiger partial charge in [0, 0.05) is 11.4 Å². The number of furan rings is 1. The lowest BCUT2D eigenvalue weighted by Crippen LogP contribution is -2.20. The molecule has 0 bridgehead atoms. The maximum Gasteiger partial charge on any atom is 0.126 e. The largest absolute Gasteiger partial charge is 0.467 e. The van der Waals surface area contributed by atoms with Crippen molar-refractivity contribution in [3.05, 3.63) is 81.4 Å². The van der Waals surface area contributed by atoms with Crippen LogP contribution in [-0.4, -0.2) is 0 Å². The average molecular weight is 304 g/mol. The molecule has 0 aliphatic heterocycles. The standard InChI is InChI=1S/C16H14ClNOS/c17-15-9-8-14(20-15)16(13-7-4-10-19-13)18-11-12-5-2-1-3-6-12/h1-10,16,18H,11H2. The van der Waals surface area contributed by atoms with E-state index in [4.69, 9.17) is 16.0 Å². The molecule has 4 heteroatoms. The maximum absolute atomic E-state index is 6.04. The third-order valence-corrected chi connectivity index (χ3v) is 4.36. The monoisotopic (exact) mass is 303 g/mol. The Hall–Kier alpha value is -1.55. The number of halogens is 1. The van der Waals surface area contributed by atoms with Crippen LogP contribution in [0.5, 0.6) is 0 Å². The fourth-order valence-corrected chi connectivity index (χ4v) is 3.24. The third kappa shape index (κ3) is 3.12. The average Bonchev–Trinajstić information content (AvgIpc) is 3.13. The van der Waals surface area contributed by atoms with Gasteiger partial charge in [-0.1, -0.05) is 41.9 Å². The lowest BCUT2D eigenvalue weighted by molar-refractivity contribution is 0.449. The molecule has 0 spiro atoms. The van der Waals surface area contributed by atoms with Crippen LogP contribution in [0.15, 0.2) is 65.3 Å². The van der Waals surface area contributed by atoms with Crippen molar-refractivity contribution in [1.29, 1.82) is 0 Å². The highest BCUT2D eigenvalue weighted by Crippen LogP contribution is 2.31. The summed E-state index contributed by atoms with van der Waals surface area (Å²) in [6.45, 7) is 0.779. The molecule has 0 radical (unpaired) electrons. The molecule has 3 aromatic rings. The predicted octanol–water partition coefficient (Wildman–Crippen LogP) is 4.87. The van der Waals surface area contributed by atoms with Crippen molar-refractivity contribution in [2.75, 3.05) is 0 Å². The predicted molar refractivity (Wildman–Crippen MR) is 83.2 cm³/mol. The van der Waals surface area contributed by atoms with Gasteiger partial charge in [0.05, 0.1) is 10.6 Å². The summed E-state index contributed by atoms with van der Waals surface area (Å²) in [6.07, 6.45) is 1.70. The van der Waals surface area contributed by atoms with Crippen molar-refractivity contribution < 1.29 is 4.42 Å². The van der Waals surface area contributed by atoms with Crippen molar-refractivity contribution >= 4 is 22.9 Å². The molecule has 2 nitrogen and oxygen atoms in total. The summed E-state index contributed by atoms with van der Waals surface area (Å²) < 4.78 is 6.34. The highest BCUT2D eigenvalue weighted by molar-refractivity contribution is 7.16. The third-order valence-electron chi connectivity index (χ3n) is 3.06. The number of hydrogen-bond donors (Lipinski definition) is 1. The van der Waals surface area contributed by atoms with E-state index in [1.807, 2.05) is 42.5 Å². The zero-order valence-electron chi connectivity index (χ0n) is 10.8. The minimum atomic E-state index is 0.0303. The van der Waals surface area contributed by atoms with Gasteiger partial charge < -0.3 is 4.42 Å². The van der Waals surface area contributed by atoms with E-state index in [1.54, 1.807) is 17.6 Å². The molecule has 20 heavy (non-hydrogen) atoms. The van der Waals surface area contributed by atoms with Crippen LogP contribution in [0.4, 0.5) is 0 Å². The summed E-state index contributed by atoms with van der Waals surface area (Å²) in [5.41, 5.74) is 1.24. The molecule has 1 unspecified atom stereocenters. The van der Waals surface area contributed by atoms with Crippen molar-refractivity contribution in [3.8, 4) is 0 Å². The highest BCUT2D eigenvalue weighted by Gasteiger charge is 2.18. The zero-order valence-corrected chi connectivity index (χ0v) is 12.3. The van der Waals surface area contributed by atoms with Gasteiger partial charge in [0.25, 0.3) is 0 Å². The van der Waals surface area contributed by atoms with Gasteiger partial charge in [0.1, 0.15) is 11.8 Å². The molecular weight excluding hydrogens is 290 g/mol. The Morgan fingerprint density at radius 3 is 2.55 bits per heavy atom. The second-order valence-corrected chi connectivity index (χ2v) is 6.20. The van der Waals surface area contributed by atoms with Crippen molar-refractivity contribution in [1.82, 2.24) is 5.32 Å². The molecule has 102 valence electrons. The summed E-state index contributed by atoms with van der Waals surface area (Å²) in [5, 5.41) is 3.53. The molecule has 2 heterocycles. The molecule has 0 aliphatic carbocycles. The van der Waals surface area contributed by atoms with Gasteiger partial charge in [-0.2, -0.15) is 0 Å². The van der Waals surface area contributed by atoms with E-state index >= 15 is 0 Å². The van der Waals surface area contributed by atoms with E-state index < -0.39 is 0 Å². The first kappa shape index (κ1) is 13.4. The number of hydrogen-bond acceptors (Lipinski definition) is 3. The smallest absolute Gasteiger partial charge is 0.126 e.